The van der Waals surface area contributed by atoms with Crippen LogP contribution in [0.4, 0.5) is 0 Å². The van der Waals surface area contributed by atoms with E-state index in [1.807, 2.05) is 13.8 Å². The lowest BCUT2D eigenvalue weighted by atomic mass is 9.95. The number of rotatable bonds is 7. The van der Waals surface area contributed by atoms with Gasteiger partial charge in [0.1, 0.15) is 5.78 Å². The maximum absolute atomic E-state index is 11.5. The Hall–Kier alpha value is -0.370. The number of hydrogen-bond acceptors (Lipinski definition) is 2. The van der Waals surface area contributed by atoms with Crippen LogP contribution in [0.5, 0.6) is 0 Å². The molecule has 0 bridgehead atoms. The minimum atomic E-state index is 0.190. The largest absolute Gasteiger partial charge is 0.304 e. The zero-order valence-corrected chi connectivity index (χ0v) is 11.2. The smallest absolute Gasteiger partial charge is 0.135 e. The van der Waals surface area contributed by atoms with Gasteiger partial charge in [-0.15, -0.1) is 0 Å². The van der Waals surface area contributed by atoms with Gasteiger partial charge in [-0.2, -0.15) is 0 Å². The van der Waals surface area contributed by atoms with Gasteiger partial charge in [-0.3, -0.25) is 4.79 Å². The van der Waals surface area contributed by atoms with Crippen molar-refractivity contribution in [3.05, 3.63) is 0 Å². The summed E-state index contributed by atoms with van der Waals surface area (Å²) in [4.78, 5) is 13.8. The van der Waals surface area contributed by atoms with E-state index in [-0.39, 0.29) is 5.92 Å². The molecule has 2 heteroatoms. The molecule has 2 nitrogen and oxygen atoms in total. The Balaban J connectivity index is 3.75. The van der Waals surface area contributed by atoms with Gasteiger partial charge in [0.15, 0.2) is 0 Å². The number of ketones is 1. The molecule has 0 aromatic rings. The lowest BCUT2D eigenvalue weighted by Crippen LogP contribution is -2.28. The summed E-state index contributed by atoms with van der Waals surface area (Å²) in [5.41, 5.74) is 0. The summed E-state index contributed by atoms with van der Waals surface area (Å²) in [6, 6.07) is 0.595. The lowest BCUT2D eigenvalue weighted by Gasteiger charge is -2.22. The van der Waals surface area contributed by atoms with Gasteiger partial charge < -0.3 is 4.90 Å². The highest BCUT2D eigenvalue weighted by atomic mass is 16.1. The number of hydrogen-bond donors (Lipinski definition) is 0. The fourth-order valence-corrected chi connectivity index (χ4v) is 1.36. The predicted octanol–water partition coefficient (Wildman–Crippen LogP) is 2.97. The van der Waals surface area contributed by atoms with Crippen LogP contribution in [0.2, 0.25) is 0 Å². The van der Waals surface area contributed by atoms with Crippen molar-refractivity contribution in [1.82, 2.24) is 4.90 Å². The van der Waals surface area contributed by atoms with Gasteiger partial charge in [0.05, 0.1) is 0 Å². The summed E-state index contributed by atoms with van der Waals surface area (Å²) < 4.78 is 0. The molecule has 90 valence electrons. The summed E-state index contributed by atoms with van der Waals surface area (Å²) >= 11 is 0. The third kappa shape index (κ3) is 6.67. The van der Waals surface area contributed by atoms with Crippen molar-refractivity contribution in [2.24, 2.45) is 11.8 Å². The fourth-order valence-electron chi connectivity index (χ4n) is 1.36. The molecule has 0 radical (unpaired) electrons. The first kappa shape index (κ1) is 14.6. The monoisotopic (exact) mass is 213 g/mol. The normalized spacial score (nSPS) is 13.9. The molecule has 0 heterocycles. The van der Waals surface area contributed by atoms with Crippen LogP contribution < -0.4 is 0 Å². The minimum Gasteiger partial charge on any atom is -0.304 e. The second-order valence-corrected chi connectivity index (χ2v) is 5.29. The molecule has 0 aliphatic carbocycles. The number of carbonyl (C=O) groups is 1. The summed E-state index contributed by atoms with van der Waals surface area (Å²) in [5.74, 6) is 1.10. The van der Waals surface area contributed by atoms with Crippen molar-refractivity contribution >= 4 is 5.78 Å². The first-order chi connectivity index (χ1) is 6.84. The zero-order chi connectivity index (χ0) is 12.0. The van der Waals surface area contributed by atoms with Crippen molar-refractivity contribution in [2.75, 3.05) is 13.6 Å². The molecule has 0 aromatic heterocycles. The van der Waals surface area contributed by atoms with Gasteiger partial charge in [-0.1, -0.05) is 20.8 Å². The van der Waals surface area contributed by atoms with Gasteiger partial charge >= 0.3 is 0 Å². The molecule has 0 N–H and O–H groups in total. The van der Waals surface area contributed by atoms with Crippen molar-refractivity contribution < 1.29 is 4.79 Å². The lowest BCUT2D eigenvalue weighted by molar-refractivity contribution is -0.122. The minimum absolute atomic E-state index is 0.190. The topological polar surface area (TPSA) is 20.3 Å². The number of nitrogens with zero attached hydrogens (tertiary/aromatic N) is 1. The van der Waals surface area contributed by atoms with Crippen LogP contribution in [0, 0.1) is 11.8 Å². The summed E-state index contributed by atoms with van der Waals surface area (Å²) in [6.07, 6.45) is 1.86. The Morgan fingerprint density at radius 3 is 2.07 bits per heavy atom. The summed E-state index contributed by atoms with van der Waals surface area (Å²) in [5, 5.41) is 0. The second kappa shape index (κ2) is 7.00. The third-order valence-corrected chi connectivity index (χ3v) is 3.05. The Morgan fingerprint density at radius 2 is 1.67 bits per heavy atom. The standard InChI is InChI=1S/C13H27NO/c1-10(2)13(15)9-12(5)7-8-14(6)11(3)4/h10-12H,7-9H2,1-6H3. The third-order valence-electron chi connectivity index (χ3n) is 3.05. The van der Waals surface area contributed by atoms with E-state index in [0.717, 1.165) is 19.4 Å². The van der Waals surface area contributed by atoms with E-state index in [4.69, 9.17) is 0 Å². The van der Waals surface area contributed by atoms with E-state index < -0.39 is 0 Å². The van der Waals surface area contributed by atoms with Crippen molar-refractivity contribution in [2.45, 2.75) is 53.5 Å². The molecular weight excluding hydrogens is 186 g/mol. The van der Waals surface area contributed by atoms with Crippen LogP contribution in [0.3, 0.4) is 0 Å². The quantitative estimate of drug-likeness (QED) is 0.648. The molecule has 0 saturated carbocycles. The first-order valence-corrected chi connectivity index (χ1v) is 6.07. The van der Waals surface area contributed by atoms with E-state index in [0.29, 0.717) is 17.7 Å². The Bertz CT molecular complexity index is 187. The highest BCUT2D eigenvalue weighted by molar-refractivity contribution is 5.80. The maximum Gasteiger partial charge on any atom is 0.135 e. The molecule has 0 spiro atoms. The maximum atomic E-state index is 11.5. The van der Waals surface area contributed by atoms with E-state index in [9.17, 15) is 4.79 Å². The molecule has 0 amide bonds. The molecule has 0 aromatic carbocycles. The van der Waals surface area contributed by atoms with Crippen LogP contribution in [0.1, 0.15) is 47.5 Å². The Kier molecular flexibility index (Phi) is 6.82. The average Bonchev–Trinajstić information content (AvgIpc) is 2.13. The van der Waals surface area contributed by atoms with Crippen LogP contribution in [-0.4, -0.2) is 30.3 Å². The van der Waals surface area contributed by atoms with Gasteiger partial charge in [0.2, 0.25) is 0 Å². The van der Waals surface area contributed by atoms with E-state index in [1.54, 1.807) is 0 Å². The Labute approximate surface area is 95.0 Å². The molecular formula is C13H27NO. The van der Waals surface area contributed by atoms with Crippen molar-refractivity contribution in [3.63, 3.8) is 0 Å². The molecule has 0 aliphatic rings. The van der Waals surface area contributed by atoms with E-state index >= 15 is 0 Å². The highest BCUT2D eigenvalue weighted by Crippen LogP contribution is 2.12. The molecule has 0 saturated heterocycles. The van der Waals surface area contributed by atoms with Crippen LogP contribution in [-0.2, 0) is 4.79 Å². The number of Topliss-reactive ketones (excluding diaryl/α,β-unsaturated/α-hetero) is 1. The van der Waals surface area contributed by atoms with Crippen molar-refractivity contribution in [3.8, 4) is 0 Å². The van der Waals surface area contributed by atoms with E-state index in [2.05, 4.69) is 32.7 Å². The van der Waals surface area contributed by atoms with Crippen LogP contribution in [0.25, 0.3) is 0 Å². The molecule has 0 fully saturated rings. The predicted molar refractivity (Wildman–Crippen MR) is 66.0 cm³/mol. The van der Waals surface area contributed by atoms with Crippen molar-refractivity contribution in [1.29, 1.82) is 0 Å². The summed E-state index contributed by atoms with van der Waals surface area (Å²) in [6.45, 7) is 11.6. The van der Waals surface area contributed by atoms with Gasteiger partial charge in [0.25, 0.3) is 0 Å². The summed E-state index contributed by atoms with van der Waals surface area (Å²) in [7, 11) is 2.14. The first-order valence-electron chi connectivity index (χ1n) is 6.07. The second-order valence-electron chi connectivity index (χ2n) is 5.29. The van der Waals surface area contributed by atoms with Gasteiger partial charge in [-0.25, -0.2) is 0 Å². The zero-order valence-electron chi connectivity index (χ0n) is 11.2. The van der Waals surface area contributed by atoms with Crippen LogP contribution >= 0.6 is 0 Å². The van der Waals surface area contributed by atoms with Gasteiger partial charge in [-0.05, 0) is 39.8 Å². The SMILES string of the molecule is CC(CCN(C)C(C)C)CC(=O)C(C)C. The van der Waals surface area contributed by atoms with Gasteiger partial charge in [0, 0.05) is 18.4 Å². The van der Waals surface area contributed by atoms with Crippen LogP contribution in [0.15, 0.2) is 0 Å². The highest BCUT2D eigenvalue weighted by Gasteiger charge is 2.13. The molecule has 0 rings (SSSR count). The number of carbonyl (C=O) groups excluding carboxylic acids is 1. The molecule has 15 heavy (non-hydrogen) atoms. The molecule has 1 atom stereocenters. The average molecular weight is 213 g/mol. The van der Waals surface area contributed by atoms with E-state index in [1.165, 1.54) is 0 Å². The Morgan fingerprint density at radius 1 is 1.13 bits per heavy atom. The molecule has 1 unspecified atom stereocenters. The fraction of sp³-hybridized carbons (Fsp3) is 0.923. The molecule has 0 aliphatic heterocycles.